The van der Waals surface area contributed by atoms with Crippen LogP contribution in [-0.2, 0) is 11.3 Å². The van der Waals surface area contributed by atoms with E-state index in [4.69, 9.17) is 9.72 Å². The number of nitrogens with zero attached hydrogens (tertiary/aromatic N) is 3. The highest BCUT2D eigenvalue weighted by molar-refractivity contribution is 5.97. The quantitative estimate of drug-likeness (QED) is 0.700. The summed E-state index contributed by atoms with van der Waals surface area (Å²) in [7, 11) is 1.64. The van der Waals surface area contributed by atoms with E-state index in [2.05, 4.69) is 17.6 Å². The number of fused-ring (bicyclic) bond motifs is 1. The van der Waals surface area contributed by atoms with Gasteiger partial charge >= 0.3 is 0 Å². The molecule has 1 atom stereocenters. The Kier molecular flexibility index (Phi) is 4.37. The molecule has 1 aliphatic heterocycles. The number of amides is 1. The number of para-hydroxylation sites is 4. The Bertz CT molecular complexity index is 947. The van der Waals surface area contributed by atoms with Crippen LogP contribution in [0.25, 0.3) is 11.0 Å². The van der Waals surface area contributed by atoms with E-state index in [-0.39, 0.29) is 11.8 Å². The summed E-state index contributed by atoms with van der Waals surface area (Å²) >= 11 is 0. The van der Waals surface area contributed by atoms with Gasteiger partial charge in [-0.25, -0.2) is 4.98 Å². The highest BCUT2D eigenvalue weighted by Crippen LogP contribution is 2.37. The normalized spacial score (nSPS) is 17.2. The number of benzene rings is 2. The van der Waals surface area contributed by atoms with Gasteiger partial charge in [-0.15, -0.1) is 0 Å². The fourth-order valence-corrected chi connectivity index (χ4v) is 3.83. The predicted octanol–water partition coefficient (Wildman–Crippen LogP) is 3.98. The van der Waals surface area contributed by atoms with Gasteiger partial charge < -0.3 is 14.2 Å². The van der Waals surface area contributed by atoms with Crippen molar-refractivity contribution in [3.63, 3.8) is 0 Å². The molecule has 134 valence electrons. The summed E-state index contributed by atoms with van der Waals surface area (Å²) in [5.74, 6) is 1.95. The Morgan fingerprint density at radius 2 is 1.92 bits per heavy atom. The van der Waals surface area contributed by atoms with Gasteiger partial charge in [-0.1, -0.05) is 31.2 Å². The lowest BCUT2D eigenvalue weighted by Gasteiger charge is -2.19. The first-order valence-corrected chi connectivity index (χ1v) is 9.11. The largest absolute Gasteiger partial charge is 0.495 e. The number of methoxy groups -OCH3 is 1. The fraction of sp³-hybridized carbons (Fsp3) is 0.333. The number of aryl methyl sites for hydroxylation is 1. The second kappa shape index (κ2) is 6.83. The minimum absolute atomic E-state index is 0.0892. The summed E-state index contributed by atoms with van der Waals surface area (Å²) in [4.78, 5) is 19.4. The minimum Gasteiger partial charge on any atom is -0.495 e. The van der Waals surface area contributed by atoms with Crippen LogP contribution in [0.15, 0.2) is 48.5 Å². The number of hydrogen-bond acceptors (Lipinski definition) is 3. The fourth-order valence-electron chi connectivity index (χ4n) is 3.83. The number of imidazole rings is 1. The first kappa shape index (κ1) is 16.6. The molecule has 2 heterocycles. The molecule has 0 unspecified atom stereocenters. The van der Waals surface area contributed by atoms with Crippen molar-refractivity contribution in [2.24, 2.45) is 0 Å². The van der Waals surface area contributed by atoms with Gasteiger partial charge in [0.1, 0.15) is 11.6 Å². The van der Waals surface area contributed by atoms with Crippen molar-refractivity contribution in [3.05, 3.63) is 54.4 Å². The molecule has 0 bridgehead atoms. The molecule has 1 aromatic heterocycles. The maximum absolute atomic E-state index is 12.7. The van der Waals surface area contributed by atoms with Crippen LogP contribution in [-0.4, -0.2) is 29.1 Å². The van der Waals surface area contributed by atoms with Crippen molar-refractivity contribution in [3.8, 4) is 5.75 Å². The zero-order valence-corrected chi connectivity index (χ0v) is 15.2. The molecule has 3 aromatic rings. The molecule has 0 spiro atoms. The first-order valence-electron chi connectivity index (χ1n) is 9.11. The van der Waals surface area contributed by atoms with Gasteiger partial charge in [0.05, 0.1) is 23.8 Å². The van der Waals surface area contributed by atoms with Crippen LogP contribution in [0, 0.1) is 0 Å². The zero-order valence-electron chi connectivity index (χ0n) is 15.2. The van der Waals surface area contributed by atoms with E-state index in [9.17, 15) is 4.79 Å². The molecule has 0 radical (unpaired) electrons. The van der Waals surface area contributed by atoms with Crippen molar-refractivity contribution in [1.82, 2.24) is 9.55 Å². The minimum atomic E-state index is 0.0892. The van der Waals surface area contributed by atoms with Crippen LogP contribution < -0.4 is 9.64 Å². The molecule has 1 amide bonds. The molecule has 0 aliphatic carbocycles. The predicted molar refractivity (Wildman–Crippen MR) is 103 cm³/mol. The summed E-state index contributed by atoms with van der Waals surface area (Å²) in [6.07, 6.45) is 1.51. The Balaban J connectivity index is 1.71. The second-order valence-corrected chi connectivity index (χ2v) is 6.69. The summed E-state index contributed by atoms with van der Waals surface area (Å²) in [6, 6.07) is 15.9. The number of rotatable bonds is 5. The van der Waals surface area contributed by atoms with Gasteiger partial charge in [0.2, 0.25) is 5.91 Å². The average molecular weight is 349 g/mol. The molecule has 5 heteroatoms. The SMILES string of the molecule is CCCn1c([C@@H]2CC(=O)N(c3ccccc3OC)C2)nc2ccccc21. The highest BCUT2D eigenvalue weighted by Gasteiger charge is 2.35. The molecule has 1 fully saturated rings. The molecule has 1 aliphatic rings. The van der Waals surface area contributed by atoms with Crippen molar-refractivity contribution in [2.75, 3.05) is 18.6 Å². The van der Waals surface area contributed by atoms with Gasteiger partial charge in [-0.2, -0.15) is 0 Å². The molecule has 0 N–H and O–H groups in total. The third kappa shape index (κ3) is 2.73. The van der Waals surface area contributed by atoms with Gasteiger partial charge in [-0.3, -0.25) is 4.79 Å². The van der Waals surface area contributed by atoms with Crippen LogP contribution in [0.5, 0.6) is 5.75 Å². The molecule has 0 saturated carbocycles. The van der Waals surface area contributed by atoms with Crippen molar-refractivity contribution in [1.29, 1.82) is 0 Å². The smallest absolute Gasteiger partial charge is 0.227 e. The van der Waals surface area contributed by atoms with E-state index in [0.717, 1.165) is 41.3 Å². The summed E-state index contributed by atoms with van der Waals surface area (Å²) in [5, 5.41) is 0. The zero-order chi connectivity index (χ0) is 18.1. The van der Waals surface area contributed by atoms with E-state index >= 15 is 0 Å². The Hall–Kier alpha value is -2.82. The number of carbonyl (C=O) groups is 1. The summed E-state index contributed by atoms with van der Waals surface area (Å²) in [5.41, 5.74) is 2.98. The Morgan fingerprint density at radius 1 is 1.15 bits per heavy atom. The molecule has 2 aromatic carbocycles. The number of aromatic nitrogens is 2. The van der Waals surface area contributed by atoms with Crippen LogP contribution >= 0.6 is 0 Å². The van der Waals surface area contributed by atoms with Crippen LogP contribution in [0.4, 0.5) is 5.69 Å². The van der Waals surface area contributed by atoms with Gasteiger partial charge in [-0.05, 0) is 30.7 Å². The van der Waals surface area contributed by atoms with Gasteiger partial charge in [0.25, 0.3) is 0 Å². The lowest BCUT2D eigenvalue weighted by Crippen LogP contribution is -2.25. The lowest BCUT2D eigenvalue weighted by molar-refractivity contribution is -0.117. The van der Waals surface area contributed by atoms with E-state index in [1.54, 1.807) is 7.11 Å². The molecule has 4 rings (SSSR count). The van der Waals surface area contributed by atoms with E-state index in [0.29, 0.717) is 13.0 Å². The monoisotopic (exact) mass is 349 g/mol. The second-order valence-electron chi connectivity index (χ2n) is 6.69. The van der Waals surface area contributed by atoms with Crippen molar-refractivity contribution >= 4 is 22.6 Å². The first-order chi connectivity index (χ1) is 12.7. The third-order valence-corrected chi connectivity index (χ3v) is 5.00. The van der Waals surface area contributed by atoms with E-state index in [1.165, 1.54) is 0 Å². The van der Waals surface area contributed by atoms with Crippen molar-refractivity contribution < 1.29 is 9.53 Å². The highest BCUT2D eigenvalue weighted by atomic mass is 16.5. The lowest BCUT2D eigenvalue weighted by atomic mass is 10.1. The van der Waals surface area contributed by atoms with E-state index in [1.807, 2.05) is 47.4 Å². The third-order valence-electron chi connectivity index (χ3n) is 5.00. The maximum Gasteiger partial charge on any atom is 0.227 e. The van der Waals surface area contributed by atoms with Crippen LogP contribution in [0.3, 0.4) is 0 Å². The molecule has 5 nitrogen and oxygen atoms in total. The number of anilines is 1. The molecule has 26 heavy (non-hydrogen) atoms. The molecule has 1 saturated heterocycles. The Morgan fingerprint density at radius 3 is 2.73 bits per heavy atom. The number of ether oxygens (including phenoxy) is 1. The van der Waals surface area contributed by atoms with Crippen molar-refractivity contribution in [2.45, 2.75) is 32.2 Å². The number of hydrogen-bond donors (Lipinski definition) is 0. The number of carbonyl (C=O) groups excluding carboxylic acids is 1. The van der Waals surface area contributed by atoms with Gasteiger partial charge in [0.15, 0.2) is 0 Å². The van der Waals surface area contributed by atoms with Crippen LogP contribution in [0.2, 0.25) is 0 Å². The van der Waals surface area contributed by atoms with Gasteiger partial charge in [0, 0.05) is 25.4 Å². The summed E-state index contributed by atoms with van der Waals surface area (Å²) in [6.45, 7) is 3.71. The standard InChI is InChI=1S/C21H23N3O2/c1-3-12-23-17-9-5-4-8-16(17)22-21(23)15-13-20(25)24(14-15)18-10-6-7-11-19(18)26-2/h4-11,15H,3,12-14H2,1-2H3/t15-/m1/s1. The topological polar surface area (TPSA) is 47.4 Å². The van der Waals surface area contributed by atoms with Crippen LogP contribution in [0.1, 0.15) is 31.5 Å². The summed E-state index contributed by atoms with van der Waals surface area (Å²) < 4.78 is 7.72. The maximum atomic E-state index is 12.7. The van der Waals surface area contributed by atoms with E-state index < -0.39 is 0 Å². The molecular weight excluding hydrogens is 326 g/mol. The average Bonchev–Trinajstić information content (AvgIpc) is 3.23. The molecular formula is C21H23N3O2. The Labute approximate surface area is 153 Å².